The Morgan fingerprint density at radius 1 is 1.33 bits per heavy atom. The second-order valence-corrected chi connectivity index (χ2v) is 6.68. The van der Waals surface area contributed by atoms with E-state index >= 15 is 0 Å². The van der Waals surface area contributed by atoms with Crippen LogP contribution in [0.15, 0.2) is 29.2 Å². The zero-order valence-corrected chi connectivity index (χ0v) is 13.0. The van der Waals surface area contributed by atoms with Crippen molar-refractivity contribution in [2.45, 2.75) is 36.6 Å². The van der Waals surface area contributed by atoms with Crippen LogP contribution in [0, 0.1) is 0 Å². The Labute approximate surface area is 129 Å². The van der Waals surface area contributed by atoms with Crippen LogP contribution in [0.2, 0.25) is 0 Å². The number of hydrogen-bond donors (Lipinski definition) is 1. The van der Waals surface area contributed by atoms with Crippen molar-refractivity contribution in [2.75, 3.05) is 18.8 Å². The number of carbonyl (C=O) groups excluding carboxylic acids is 2. The predicted octanol–water partition coefficient (Wildman–Crippen LogP) is 2.00. The minimum atomic E-state index is -0.297. The van der Waals surface area contributed by atoms with Crippen molar-refractivity contribution in [3.63, 3.8) is 0 Å². The highest BCUT2D eigenvalue weighted by Gasteiger charge is 2.36. The first-order valence-electron chi connectivity index (χ1n) is 7.49. The van der Waals surface area contributed by atoms with Crippen LogP contribution in [-0.2, 0) is 9.59 Å². The Bertz CT molecular complexity index is 561. The number of carbonyl (C=O) groups is 2. The van der Waals surface area contributed by atoms with Crippen molar-refractivity contribution >= 4 is 23.6 Å². The summed E-state index contributed by atoms with van der Waals surface area (Å²) in [5.41, 5.74) is 1.32. The van der Waals surface area contributed by atoms with Crippen LogP contribution in [0.3, 0.4) is 0 Å². The van der Waals surface area contributed by atoms with Gasteiger partial charge in [-0.25, -0.2) is 0 Å². The lowest BCUT2D eigenvalue weighted by atomic mass is 9.98. The molecule has 1 saturated heterocycles. The average Bonchev–Trinajstić information content (AvgIpc) is 2.90. The van der Waals surface area contributed by atoms with Crippen LogP contribution >= 0.6 is 11.8 Å². The van der Waals surface area contributed by atoms with Crippen molar-refractivity contribution in [3.05, 3.63) is 29.8 Å². The van der Waals surface area contributed by atoms with Gasteiger partial charge in [0.2, 0.25) is 11.8 Å². The molecule has 3 rings (SSSR count). The molecular formula is C16H20N2O2S. The summed E-state index contributed by atoms with van der Waals surface area (Å²) in [7, 11) is 0. The normalized spacial score (nSPS) is 24.9. The number of amides is 2. The summed E-state index contributed by atoms with van der Waals surface area (Å²) in [6.07, 6.45) is 1.64. The number of nitrogens with one attached hydrogen (secondary N) is 1. The summed E-state index contributed by atoms with van der Waals surface area (Å²) in [6, 6.07) is 8.07. The van der Waals surface area contributed by atoms with Gasteiger partial charge >= 0.3 is 0 Å². The molecule has 112 valence electrons. The fourth-order valence-electron chi connectivity index (χ4n) is 3.10. The molecule has 2 aliphatic rings. The van der Waals surface area contributed by atoms with Gasteiger partial charge in [0, 0.05) is 23.1 Å². The molecule has 1 aromatic rings. The molecule has 2 aliphatic heterocycles. The van der Waals surface area contributed by atoms with Crippen LogP contribution in [0.4, 0.5) is 0 Å². The van der Waals surface area contributed by atoms with Gasteiger partial charge in [-0.05, 0) is 18.1 Å². The molecule has 1 fully saturated rings. The number of rotatable bonds is 4. The molecule has 0 aliphatic carbocycles. The van der Waals surface area contributed by atoms with E-state index in [-0.39, 0.29) is 24.4 Å². The molecule has 5 heteroatoms. The molecule has 0 aromatic heterocycles. The third-order valence-electron chi connectivity index (χ3n) is 4.19. The Hall–Kier alpha value is -1.49. The first-order chi connectivity index (χ1) is 10.2. The van der Waals surface area contributed by atoms with Crippen molar-refractivity contribution in [1.82, 2.24) is 10.2 Å². The van der Waals surface area contributed by atoms with Gasteiger partial charge in [-0.3, -0.25) is 9.59 Å². The maximum atomic E-state index is 12.2. The maximum absolute atomic E-state index is 12.2. The van der Waals surface area contributed by atoms with Crippen molar-refractivity contribution in [2.24, 2.45) is 0 Å². The highest BCUT2D eigenvalue weighted by Crippen LogP contribution is 2.40. The van der Waals surface area contributed by atoms with Crippen LogP contribution < -0.4 is 5.32 Å². The van der Waals surface area contributed by atoms with Crippen molar-refractivity contribution < 1.29 is 9.59 Å². The summed E-state index contributed by atoms with van der Waals surface area (Å²) in [5, 5.41) is 2.71. The van der Waals surface area contributed by atoms with Crippen molar-refractivity contribution in [3.8, 4) is 0 Å². The van der Waals surface area contributed by atoms with Gasteiger partial charge in [0.15, 0.2) is 0 Å². The molecule has 0 saturated carbocycles. The molecule has 2 unspecified atom stereocenters. The lowest BCUT2D eigenvalue weighted by molar-refractivity contribution is -0.146. The van der Waals surface area contributed by atoms with Gasteiger partial charge in [-0.15, -0.1) is 11.8 Å². The number of fused-ring (bicyclic) bond motifs is 1. The molecule has 1 aromatic carbocycles. The van der Waals surface area contributed by atoms with E-state index in [1.807, 2.05) is 30.8 Å². The molecule has 21 heavy (non-hydrogen) atoms. The Kier molecular flexibility index (Phi) is 4.19. The Balaban J connectivity index is 1.79. The van der Waals surface area contributed by atoms with Gasteiger partial charge in [-0.2, -0.15) is 0 Å². The van der Waals surface area contributed by atoms with Gasteiger partial charge in [0.1, 0.15) is 6.04 Å². The van der Waals surface area contributed by atoms with E-state index in [4.69, 9.17) is 0 Å². The summed E-state index contributed by atoms with van der Waals surface area (Å²) in [6.45, 7) is 2.84. The summed E-state index contributed by atoms with van der Waals surface area (Å²) < 4.78 is 0. The Morgan fingerprint density at radius 2 is 2.14 bits per heavy atom. The van der Waals surface area contributed by atoms with Gasteiger partial charge in [0.25, 0.3) is 0 Å². The number of hydrogen-bond acceptors (Lipinski definition) is 3. The van der Waals surface area contributed by atoms with Gasteiger partial charge in [-0.1, -0.05) is 31.5 Å². The fourth-order valence-corrected chi connectivity index (χ4v) is 4.35. The van der Waals surface area contributed by atoms with E-state index in [9.17, 15) is 9.59 Å². The van der Waals surface area contributed by atoms with E-state index in [1.165, 1.54) is 10.5 Å². The summed E-state index contributed by atoms with van der Waals surface area (Å²) >= 11 is 1.84. The largest absolute Gasteiger partial charge is 0.345 e. The highest BCUT2D eigenvalue weighted by molar-refractivity contribution is 7.99. The number of nitrogens with zero attached hydrogens (tertiary/aromatic N) is 1. The van der Waals surface area contributed by atoms with Crippen LogP contribution in [0.25, 0.3) is 0 Å². The van der Waals surface area contributed by atoms with E-state index < -0.39 is 0 Å². The quantitative estimate of drug-likeness (QED) is 0.925. The zero-order chi connectivity index (χ0) is 14.8. The maximum Gasteiger partial charge on any atom is 0.243 e. The lowest BCUT2D eigenvalue weighted by Gasteiger charge is -2.36. The van der Waals surface area contributed by atoms with Crippen molar-refractivity contribution in [1.29, 1.82) is 0 Å². The van der Waals surface area contributed by atoms with Gasteiger partial charge < -0.3 is 10.2 Å². The molecule has 2 atom stereocenters. The molecular weight excluding hydrogens is 284 g/mol. The second-order valence-electron chi connectivity index (χ2n) is 5.61. The third-order valence-corrected chi connectivity index (χ3v) is 5.44. The number of thioether (sulfide) groups is 1. The number of piperazine rings is 1. The SMILES string of the molecule is CCCC1C(=O)NCC(=O)N1CC1CSc2ccccc21. The van der Waals surface area contributed by atoms with E-state index in [0.29, 0.717) is 12.5 Å². The second kappa shape index (κ2) is 6.10. The zero-order valence-electron chi connectivity index (χ0n) is 12.2. The molecule has 1 N–H and O–H groups in total. The molecule has 0 spiro atoms. The van der Waals surface area contributed by atoms with Crippen LogP contribution in [0.1, 0.15) is 31.2 Å². The number of benzene rings is 1. The van der Waals surface area contributed by atoms with Gasteiger partial charge in [0.05, 0.1) is 6.54 Å². The predicted molar refractivity (Wildman–Crippen MR) is 83.3 cm³/mol. The molecule has 4 nitrogen and oxygen atoms in total. The molecule has 0 bridgehead atoms. The van der Waals surface area contributed by atoms with E-state index in [0.717, 1.165) is 18.6 Å². The third kappa shape index (κ3) is 2.79. The Morgan fingerprint density at radius 3 is 2.95 bits per heavy atom. The first kappa shape index (κ1) is 14.4. The topological polar surface area (TPSA) is 49.4 Å². The van der Waals surface area contributed by atoms with E-state index in [1.54, 1.807) is 4.90 Å². The lowest BCUT2D eigenvalue weighted by Crippen LogP contribution is -2.59. The molecule has 2 heterocycles. The fraction of sp³-hybridized carbons (Fsp3) is 0.500. The van der Waals surface area contributed by atoms with Crippen LogP contribution in [0.5, 0.6) is 0 Å². The smallest absolute Gasteiger partial charge is 0.243 e. The summed E-state index contributed by atoms with van der Waals surface area (Å²) in [4.78, 5) is 27.4. The average molecular weight is 304 g/mol. The molecule has 0 radical (unpaired) electrons. The standard InChI is InChI=1S/C16H20N2O2S/c1-2-5-13-16(20)17-8-15(19)18(13)9-11-10-21-14-7-4-3-6-12(11)14/h3-4,6-7,11,13H,2,5,8-10H2,1H3,(H,17,20). The minimum absolute atomic E-state index is 0.00427. The highest BCUT2D eigenvalue weighted by atomic mass is 32.2. The van der Waals surface area contributed by atoms with E-state index in [2.05, 4.69) is 17.4 Å². The first-order valence-corrected chi connectivity index (χ1v) is 8.48. The minimum Gasteiger partial charge on any atom is -0.345 e. The van der Waals surface area contributed by atoms with Crippen LogP contribution in [-0.4, -0.2) is 41.6 Å². The molecule has 2 amide bonds. The summed E-state index contributed by atoms with van der Waals surface area (Å²) in [5.74, 6) is 1.36. The monoisotopic (exact) mass is 304 g/mol.